The average Bonchev–Trinajstić information content (AvgIpc) is 2.52. The van der Waals surface area contributed by atoms with E-state index < -0.39 is 0 Å². The molecule has 1 aliphatic heterocycles. The zero-order valence-corrected chi connectivity index (χ0v) is 8.67. The third-order valence-electron chi connectivity index (χ3n) is 2.48. The van der Waals surface area contributed by atoms with Crippen molar-refractivity contribution in [3.63, 3.8) is 0 Å². The predicted octanol–water partition coefficient (Wildman–Crippen LogP) is 0.836. The number of ether oxygens (including phenoxy) is 1. The Balaban J connectivity index is 2.52. The molecule has 13 heavy (non-hydrogen) atoms. The summed E-state index contributed by atoms with van der Waals surface area (Å²) in [6, 6.07) is 0.236. The second kappa shape index (κ2) is 4.72. The average molecular weight is 185 g/mol. The van der Waals surface area contributed by atoms with E-state index in [4.69, 9.17) is 4.74 Å². The van der Waals surface area contributed by atoms with Crippen LogP contribution in [0.5, 0.6) is 0 Å². The predicted molar refractivity (Wildman–Crippen MR) is 51.6 cm³/mol. The first-order chi connectivity index (χ1) is 6.16. The lowest BCUT2D eigenvalue weighted by atomic mass is 9.91. The highest BCUT2D eigenvalue weighted by molar-refractivity contribution is 5.83. The molecule has 1 heterocycles. The van der Waals surface area contributed by atoms with Gasteiger partial charge in [0.05, 0.1) is 19.1 Å². The second-order valence-corrected chi connectivity index (χ2v) is 3.87. The van der Waals surface area contributed by atoms with Crippen LogP contribution >= 0.6 is 0 Å². The zero-order chi connectivity index (χ0) is 9.84. The molecule has 0 amide bonds. The maximum atomic E-state index is 11.7. The Morgan fingerprint density at radius 1 is 1.54 bits per heavy atom. The van der Waals surface area contributed by atoms with Gasteiger partial charge in [-0.25, -0.2) is 0 Å². The monoisotopic (exact) mass is 185 g/mol. The summed E-state index contributed by atoms with van der Waals surface area (Å²) in [6.07, 6.45) is 0. The van der Waals surface area contributed by atoms with Gasteiger partial charge in [0.25, 0.3) is 0 Å². The van der Waals surface area contributed by atoms with Gasteiger partial charge in [0.1, 0.15) is 5.78 Å². The number of likely N-dealkylation sites (N-methyl/N-ethyl adjacent to an activating group) is 1. The molecule has 0 spiro atoms. The van der Waals surface area contributed by atoms with E-state index in [9.17, 15) is 4.79 Å². The molecule has 76 valence electrons. The Morgan fingerprint density at radius 3 is 2.77 bits per heavy atom. The smallest absolute Gasteiger partial charge is 0.142 e. The summed E-state index contributed by atoms with van der Waals surface area (Å²) in [5.41, 5.74) is 0. The fourth-order valence-electron chi connectivity index (χ4n) is 1.73. The molecule has 0 radical (unpaired) electrons. The summed E-state index contributed by atoms with van der Waals surface area (Å²) in [6.45, 7) is 8.12. The van der Waals surface area contributed by atoms with Gasteiger partial charge in [-0.3, -0.25) is 4.79 Å². The van der Waals surface area contributed by atoms with E-state index in [1.54, 1.807) is 0 Å². The number of rotatable bonds is 4. The fourth-order valence-corrected chi connectivity index (χ4v) is 1.73. The molecule has 0 aromatic rings. The summed E-state index contributed by atoms with van der Waals surface area (Å²) in [7, 11) is 0. The van der Waals surface area contributed by atoms with Crippen LogP contribution in [0.3, 0.4) is 0 Å². The van der Waals surface area contributed by atoms with Crippen molar-refractivity contribution in [2.24, 2.45) is 11.8 Å². The Hall–Kier alpha value is -0.410. The van der Waals surface area contributed by atoms with Gasteiger partial charge in [0.15, 0.2) is 0 Å². The number of hydrogen-bond acceptors (Lipinski definition) is 3. The molecule has 2 atom stereocenters. The lowest BCUT2D eigenvalue weighted by Crippen LogP contribution is -2.40. The number of ketones is 1. The summed E-state index contributed by atoms with van der Waals surface area (Å²) < 4.78 is 5.31. The number of carbonyl (C=O) groups is 1. The molecule has 1 aliphatic rings. The van der Waals surface area contributed by atoms with Crippen LogP contribution in [0.4, 0.5) is 0 Å². The van der Waals surface area contributed by atoms with Crippen molar-refractivity contribution in [1.29, 1.82) is 0 Å². The maximum Gasteiger partial charge on any atom is 0.142 e. The molecule has 2 unspecified atom stereocenters. The van der Waals surface area contributed by atoms with Crippen molar-refractivity contribution < 1.29 is 9.53 Å². The van der Waals surface area contributed by atoms with Crippen LogP contribution in [0.1, 0.15) is 20.8 Å². The quantitative estimate of drug-likeness (QED) is 0.705. The van der Waals surface area contributed by atoms with Gasteiger partial charge in [-0.05, 0) is 6.54 Å². The molecule has 0 aromatic carbocycles. The lowest BCUT2D eigenvalue weighted by Gasteiger charge is -2.18. The Morgan fingerprint density at radius 2 is 2.23 bits per heavy atom. The normalized spacial score (nSPS) is 28.3. The number of Topliss-reactive ketones (excluding diaryl/α,β-unsaturated/α-hetero) is 1. The van der Waals surface area contributed by atoms with Gasteiger partial charge in [0.2, 0.25) is 0 Å². The van der Waals surface area contributed by atoms with E-state index >= 15 is 0 Å². The highest BCUT2D eigenvalue weighted by atomic mass is 16.5. The van der Waals surface area contributed by atoms with E-state index in [1.165, 1.54) is 0 Å². The summed E-state index contributed by atoms with van der Waals surface area (Å²) in [4.78, 5) is 11.7. The van der Waals surface area contributed by atoms with E-state index in [-0.39, 0.29) is 17.9 Å². The molecule has 0 aliphatic carbocycles. The molecular formula is C10H19NO2. The van der Waals surface area contributed by atoms with Gasteiger partial charge >= 0.3 is 0 Å². The molecule has 1 fully saturated rings. The van der Waals surface area contributed by atoms with Gasteiger partial charge in [-0.15, -0.1) is 0 Å². The molecule has 0 bridgehead atoms. The molecule has 3 heteroatoms. The van der Waals surface area contributed by atoms with Gasteiger partial charge in [-0.1, -0.05) is 20.8 Å². The maximum absolute atomic E-state index is 11.7. The minimum absolute atomic E-state index is 0.0694. The number of nitrogens with one attached hydrogen (secondary N) is 1. The summed E-state index contributed by atoms with van der Waals surface area (Å²) >= 11 is 0. The van der Waals surface area contributed by atoms with Crippen LogP contribution in [0, 0.1) is 11.8 Å². The molecule has 0 saturated carbocycles. The highest BCUT2D eigenvalue weighted by Crippen LogP contribution is 2.18. The molecular weight excluding hydrogens is 166 g/mol. The number of carbonyl (C=O) groups excluding carboxylic acids is 1. The molecule has 1 N–H and O–H groups in total. The van der Waals surface area contributed by atoms with Crippen LogP contribution in [0.15, 0.2) is 0 Å². The first-order valence-corrected chi connectivity index (χ1v) is 5.01. The molecule has 1 saturated heterocycles. The topological polar surface area (TPSA) is 38.3 Å². The largest absolute Gasteiger partial charge is 0.379 e. The third-order valence-corrected chi connectivity index (χ3v) is 2.48. The van der Waals surface area contributed by atoms with Gasteiger partial charge < -0.3 is 10.1 Å². The minimum Gasteiger partial charge on any atom is -0.379 e. The molecule has 3 nitrogen and oxygen atoms in total. The minimum atomic E-state index is 0.0694. The van der Waals surface area contributed by atoms with Crippen LogP contribution in [0.2, 0.25) is 0 Å². The van der Waals surface area contributed by atoms with Crippen LogP contribution in [0.25, 0.3) is 0 Å². The Kier molecular flexibility index (Phi) is 3.88. The van der Waals surface area contributed by atoms with Crippen molar-refractivity contribution in [2.45, 2.75) is 26.8 Å². The van der Waals surface area contributed by atoms with E-state index in [0.717, 1.165) is 6.54 Å². The van der Waals surface area contributed by atoms with Crippen LogP contribution < -0.4 is 5.32 Å². The van der Waals surface area contributed by atoms with Crippen molar-refractivity contribution in [3.8, 4) is 0 Å². The SMILES string of the molecule is CCNC1COCC1C(=O)C(C)C. The zero-order valence-electron chi connectivity index (χ0n) is 8.67. The van der Waals surface area contributed by atoms with Crippen molar-refractivity contribution in [1.82, 2.24) is 5.32 Å². The van der Waals surface area contributed by atoms with E-state index in [2.05, 4.69) is 12.2 Å². The summed E-state index contributed by atoms with van der Waals surface area (Å²) in [5.74, 6) is 0.510. The van der Waals surface area contributed by atoms with Crippen molar-refractivity contribution in [3.05, 3.63) is 0 Å². The Labute approximate surface area is 79.8 Å². The molecule has 0 aromatic heterocycles. The second-order valence-electron chi connectivity index (χ2n) is 3.87. The first-order valence-electron chi connectivity index (χ1n) is 5.01. The van der Waals surface area contributed by atoms with Crippen LogP contribution in [-0.4, -0.2) is 31.6 Å². The molecule has 1 rings (SSSR count). The highest BCUT2D eigenvalue weighted by Gasteiger charge is 2.34. The van der Waals surface area contributed by atoms with Gasteiger partial charge in [0, 0.05) is 12.0 Å². The first kappa shape index (κ1) is 10.7. The van der Waals surface area contributed by atoms with Crippen molar-refractivity contribution in [2.75, 3.05) is 19.8 Å². The third kappa shape index (κ3) is 2.51. The fraction of sp³-hybridized carbons (Fsp3) is 0.900. The van der Waals surface area contributed by atoms with Gasteiger partial charge in [-0.2, -0.15) is 0 Å². The van der Waals surface area contributed by atoms with Crippen LogP contribution in [-0.2, 0) is 9.53 Å². The number of hydrogen-bond donors (Lipinski definition) is 1. The van der Waals surface area contributed by atoms with Crippen molar-refractivity contribution >= 4 is 5.78 Å². The Bertz CT molecular complexity index is 180. The summed E-state index contributed by atoms with van der Waals surface area (Å²) in [5, 5.41) is 3.28. The lowest BCUT2D eigenvalue weighted by molar-refractivity contribution is -0.126. The van der Waals surface area contributed by atoms with E-state index in [1.807, 2.05) is 13.8 Å². The standard InChI is InChI=1S/C10H19NO2/c1-4-11-9-6-13-5-8(9)10(12)7(2)3/h7-9,11H,4-6H2,1-3H3. The van der Waals surface area contributed by atoms with E-state index in [0.29, 0.717) is 19.0 Å².